The Hall–Kier alpha value is -0.110. The largest absolute Gasteiger partial charge is 0.484 e. The van der Waals surface area contributed by atoms with Crippen LogP contribution in [0.1, 0.15) is 20.8 Å². The highest BCUT2D eigenvalue weighted by Crippen LogP contribution is 2.43. The lowest BCUT2D eigenvalue weighted by atomic mass is 10.1. The van der Waals surface area contributed by atoms with Gasteiger partial charge < -0.3 is 18.9 Å². The molecule has 2 saturated heterocycles. The first kappa shape index (κ1) is 14.3. The van der Waals surface area contributed by atoms with Crippen molar-refractivity contribution in [3.63, 3.8) is 0 Å². The van der Waals surface area contributed by atoms with Gasteiger partial charge >= 0.3 is 5.97 Å². The number of hydrogen-bond acceptors (Lipinski definition) is 5. The summed E-state index contributed by atoms with van der Waals surface area (Å²) in [4.78, 5) is 10.9. The number of fused-ring (bicyclic) bond motifs is 1. The van der Waals surface area contributed by atoms with E-state index in [1.165, 1.54) is 6.92 Å². The smallest absolute Gasteiger partial charge is 0.302 e. The SMILES string of the molecule is CC(=O)OC[C@H]1OC(=C(Br)Br)[C@@H]2OC(C)(C)O[C@H]12. The minimum Gasteiger partial charge on any atom is -0.484 e. The lowest BCUT2D eigenvalue weighted by Crippen LogP contribution is -2.33. The van der Waals surface area contributed by atoms with Gasteiger partial charge in [0.2, 0.25) is 0 Å². The van der Waals surface area contributed by atoms with Crippen LogP contribution in [0.3, 0.4) is 0 Å². The Bertz CT molecular complexity index is 389. The summed E-state index contributed by atoms with van der Waals surface area (Å²) in [6.07, 6.45) is -0.936. The summed E-state index contributed by atoms with van der Waals surface area (Å²) >= 11 is 6.62. The molecular weight excluding hydrogens is 372 g/mol. The van der Waals surface area contributed by atoms with E-state index in [4.69, 9.17) is 18.9 Å². The molecule has 102 valence electrons. The van der Waals surface area contributed by atoms with Gasteiger partial charge in [0, 0.05) is 6.92 Å². The predicted octanol–water partition coefficient (Wildman–Crippen LogP) is 2.43. The maximum atomic E-state index is 10.9. The van der Waals surface area contributed by atoms with Gasteiger partial charge in [0.05, 0.1) is 0 Å². The molecule has 0 amide bonds. The number of halogens is 2. The van der Waals surface area contributed by atoms with Crippen molar-refractivity contribution < 1.29 is 23.7 Å². The molecule has 2 heterocycles. The van der Waals surface area contributed by atoms with E-state index in [9.17, 15) is 4.79 Å². The first-order valence-corrected chi connectivity index (χ1v) is 7.09. The zero-order chi connectivity index (χ0) is 13.5. The number of esters is 1. The van der Waals surface area contributed by atoms with Crippen LogP contribution in [0, 0.1) is 0 Å². The molecule has 18 heavy (non-hydrogen) atoms. The Morgan fingerprint density at radius 1 is 1.39 bits per heavy atom. The maximum absolute atomic E-state index is 10.9. The molecule has 2 fully saturated rings. The Labute approximate surface area is 122 Å². The number of carbonyl (C=O) groups is 1. The lowest BCUT2D eigenvalue weighted by Gasteiger charge is -2.22. The molecule has 0 radical (unpaired) electrons. The fourth-order valence-corrected chi connectivity index (χ4v) is 2.68. The molecule has 2 aliphatic heterocycles. The molecule has 0 aromatic heterocycles. The molecule has 3 atom stereocenters. The monoisotopic (exact) mass is 384 g/mol. The van der Waals surface area contributed by atoms with E-state index in [0.717, 1.165) is 0 Å². The van der Waals surface area contributed by atoms with E-state index >= 15 is 0 Å². The van der Waals surface area contributed by atoms with Gasteiger partial charge in [-0.05, 0) is 45.7 Å². The Morgan fingerprint density at radius 2 is 2.06 bits per heavy atom. The standard InChI is InChI=1S/C11H14Br2O5/c1-5(14)15-4-6-7-8(9(16-6)10(12)13)18-11(2,3)17-7/h6-8H,4H2,1-3H3/t6-,7-,8-/m1/s1. The quantitative estimate of drug-likeness (QED) is 0.683. The summed E-state index contributed by atoms with van der Waals surface area (Å²) in [5, 5.41) is 0. The summed E-state index contributed by atoms with van der Waals surface area (Å²) < 4.78 is 22.9. The molecule has 5 nitrogen and oxygen atoms in total. The molecule has 0 unspecified atom stereocenters. The number of carbonyl (C=O) groups excluding carboxylic acids is 1. The maximum Gasteiger partial charge on any atom is 0.302 e. The summed E-state index contributed by atoms with van der Waals surface area (Å²) in [6, 6.07) is 0. The molecule has 0 aromatic rings. The van der Waals surface area contributed by atoms with Crippen molar-refractivity contribution in [2.75, 3.05) is 6.61 Å². The van der Waals surface area contributed by atoms with Crippen LogP contribution in [0.2, 0.25) is 0 Å². The van der Waals surface area contributed by atoms with Crippen LogP contribution in [0.15, 0.2) is 9.15 Å². The molecule has 0 aromatic carbocycles. The van der Waals surface area contributed by atoms with Gasteiger partial charge in [-0.25, -0.2) is 0 Å². The fourth-order valence-electron chi connectivity index (χ4n) is 2.04. The van der Waals surface area contributed by atoms with Gasteiger partial charge in [0.25, 0.3) is 0 Å². The van der Waals surface area contributed by atoms with Crippen molar-refractivity contribution in [2.24, 2.45) is 0 Å². The topological polar surface area (TPSA) is 54.0 Å². The molecule has 2 aliphatic rings. The molecule has 0 N–H and O–H groups in total. The number of hydrogen-bond donors (Lipinski definition) is 0. The van der Waals surface area contributed by atoms with Crippen molar-refractivity contribution in [1.29, 1.82) is 0 Å². The first-order chi connectivity index (χ1) is 8.30. The van der Waals surface area contributed by atoms with Crippen molar-refractivity contribution in [3.05, 3.63) is 9.15 Å². The molecule has 2 rings (SSSR count). The number of ether oxygens (including phenoxy) is 4. The van der Waals surface area contributed by atoms with Crippen LogP contribution in [0.25, 0.3) is 0 Å². The molecule has 0 saturated carbocycles. The van der Waals surface area contributed by atoms with E-state index in [1.807, 2.05) is 13.8 Å². The molecule has 0 bridgehead atoms. The summed E-state index contributed by atoms with van der Waals surface area (Å²) in [5.41, 5.74) is 0. The van der Waals surface area contributed by atoms with Crippen LogP contribution in [-0.2, 0) is 23.7 Å². The second-order valence-corrected chi connectivity index (χ2v) is 7.25. The van der Waals surface area contributed by atoms with Crippen molar-refractivity contribution in [1.82, 2.24) is 0 Å². The third kappa shape index (κ3) is 2.89. The molecule has 0 spiro atoms. The van der Waals surface area contributed by atoms with Crippen molar-refractivity contribution >= 4 is 37.8 Å². The Morgan fingerprint density at radius 3 is 2.61 bits per heavy atom. The van der Waals surface area contributed by atoms with E-state index in [1.54, 1.807) is 0 Å². The second kappa shape index (κ2) is 5.11. The highest BCUT2D eigenvalue weighted by Gasteiger charge is 2.54. The summed E-state index contributed by atoms with van der Waals surface area (Å²) in [7, 11) is 0. The van der Waals surface area contributed by atoms with Crippen LogP contribution >= 0.6 is 31.9 Å². The van der Waals surface area contributed by atoms with Crippen molar-refractivity contribution in [3.8, 4) is 0 Å². The lowest BCUT2D eigenvalue weighted by molar-refractivity contribution is -0.172. The van der Waals surface area contributed by atoms with Crippen LogP contribution < -0.4 is 0 Å². The third-order valence-electron chi connectivity index (χ3n) is 2.67. The fraction of sp³-hybridized carbons (Fsp3) is 0.727. The Balaban J connectivity index is 2.15. The average molecular weight is 386 g/mol. The average Bonchev–Trinajstić information content (AvgIpc) is 2.68. The van der Waals surface area contributed by atoms with Crippen LogP contribution in [0.4, 0.5) is 0 Å². The normalized spacial score (nSPS) is 32.9. The van der Waals surface area contributed by atoms with E-state index in [-0.39, 0.29) is 30.9 Å². The predicted molar refractivity (Wildman–Crippen MR) is 70.2 cm³/mol. The molecular formula is C11H14Br2O5. The molecule has 7 heteroatoms. The zero-order valence-corrected chi connectivity index (χ0v) is 13.4. The van der Waals surface area contributed by atoms with Crippen LogP contribution in [-0.4, -0.2) is 36.7 Å². The highest BCUT2D eigenvalue weighted by molar-refractivity contribution is 9.28. The Kier molecular flexibility index (Phi) is 4.06. The van der Waals surface area contributed by atoms with Gasteiger partial charge in [-0.15, -0.1) is 0 Å². The third-order valence-corrected chi connectivity index (χ3v) is 3.45. The molecule has 0 aliphatic carbocycles. The zero-order valence-electron chi connectivity index (χ0n) is 10.2. The van der Waals surface area contributed by atoms with E-state index in [2.05, 4.69) is 31.9 Å². The van der Waals surface area contributed by atoms with Gasteiger partial charge in [-0.2, -0.15) is 0 Å². The summed E-state index contributed by atoms with van der Waals surface area (Å²) in [5.74, 6) is -0.389. The second-order valence-electron chi connectivity index (χ2n) is 4.60. The van der Waals surface area contributed by atoms with Crippen molar-refractivity contribution in [2.45, 2.75) is 44.9 Å². The van der Waals surface area contributed by atoms with Gasteiger partial charge in [-0.3, -0.25) is 4.79 Å². The minimum absolute atomic E-state index is 0.146. The summed E-state index contributed by atoms with van der Waals surface area (Å²) in [6.45, 7) is 5.19. The van der Waals surface area contributed by atoms with Gasteiger partial charge in [0.15, 0.2) is 11.9 Å². The first-order valence-electron chi connectivity index (χ1n) is 5.51. The van der Waals surface area contributed by atoms with Gasteiger partial charge in [0.1, 0.15) is 28.0 Å². The minimum atomic E-state index is -0.672. The van der Waals surface area contributed by atoms with E-state index < -0.39 is 5.79 Å². The number of rotatable bonds is 2. The van der Waals surface area contributed by atoms with Crippen LogP contribution in [0.5, 0.6) is 0 Å². The highest BCUT2D eigenvalue weighted by atomic mass is 79.9. The van der Waals surface area contributed by atoms with Gasteiger partial charge in [-0.1, -0.05) is 0 Å². The van der Waals surface area contributed by atoms with E-state index in [0.29, 0.717) is 9.15 Å².